The van der Waals surface area contributed by atoms with Gasteiger partial charge in [0.15, 0.2) is 0 Å². The van der Waals surface area contributed by atoms with Gasteiger partial charge in [-0.15, -0.1) is 0 Å². The summed E-state index contributed by atoms with van der Waals surface area (Å²) >= 11 is 0. The summed E-state index contributed by atoms with van der Waals surface area (Å²) < 4.78 is 19.2. The Morgan fingerprint density at radius 3 is 1.18 bits per heavy atom. The lowest BCUT2D eigenvalue weighted by Crippen LogP contribution is -2.24. The Bertz CT molecular complexity index is 577. The van der Waals surface area contributed by atoms with Crippen molar-refractivity contribution in [2.45, 2.75) is 76.4 Å². The topological polar surface area (TPSA) is 146 Å². The van der Waals surface area contributed by atoms with Crippen molar-refractivity contribution in [3.8, 4) is 0 Å². The van der Waals surface area contributed by atoms with Gasteiger partial charge < -0.3 is 29.2 Å². The standard InChI is InChI=1S/C24H38O10/c1-3-21(27)31-15-19(25)17-33-23(29)13-11-9-7-5-6-8-10-12-14-24(30)34-18-20(26)16-32-22(28)4-2/h3-4,19-20,25-26H,1-2,5-18H2. The Balaban J connectivity index is 3.49. The molecule has 0 heterocycles. The molecule has 0 fully saturated rings. The fourth-order valence-electron chi connectivity index (χ4n) is 2.69. The van der Waals surface area contributed by atoms with Crippen molar-refractivity contribution in [1.82, 2.24) is 0 Å². The number of carbonyl (C=O) groups is 4. The van der Waals surface area contributed by atoms with Gasteiger partial charge in [-0.25, -0.2) is 9.59 Å². The second kappa shape index (κ2) is 20.9. The van der Waals surface area contributed by atoms with Gasteiger partial charge >= 0.3 is 23.9 Å². The van der Waals surface area contributed by atoms with E-state index >= 15 is 0 Å². The van der Waals surface area contributed by atoms with E-state index in [1.165, 1.54) is 0 Å². The summed E-state index contributed by atoms with van der Waals surface area (Å²) in [7, 11) is 0. The molecule has 0 aromatic carbocycles. The third-order valence-corrected chi connectivity index (χ3v) is 4.55. The van der Waals surface area contributed by atoms with Gasteiger partial charge in [0.1, 0.15) is 38.6 Å². The summed E-state index contributed by atoms with van der Waals surface area (Å²) in [5.41, 5.74) is 0. The van der Waals surface area contributed by atoms with Crippen molar-refractivity contribution < 1.29 is 48.3 Å². The summed E-state index contributed by atoms with van der Waals surface area (Å²) in [5, 5.41) is 19.1. The van der Waals surface area contributed by atoms with Crippen LogP contribution in [0, 0.1) is 0 Å². The molecular formula is C24H38O10. The molecule has 2 N–H and O–H groups in total. The highest BCUT2D eigenvalue weighted by Crippen LogP contribution is 2.11. The highest BCUT2D eigenvalue weighted by atomic mass is 16.6. The molecule has 194 valence electrons. The van der Waals surface area contributed by atoms with Gasteiger partial charge in [0.2, 0.25) is 0 Å². The fraction of sp³-hybridized carbons (Fsp3) is 0.667. The molecular weight excluding hydrogens is 448 g/mol. The molecule has 2 atom stereocenters. The number of esters is 4. The molecule has 0 spiro atoms. The first-order valence-corrected chi connectivity index (χ1v) is 11.5. The lowest BCUT2D eigenvalue weighted by atomic mass is 10.1. The second-order valence-corrected chi connectivity index (χ2v) is 7.67. The molecule has 0 aliphatic rings. The van der Waals surface area contributed by atoms with Gasteiger partial charge in [-0.2, -0.15) is 0 Å². The van der Waals surface area contributed by atoms with E-state index in [0.717, 1.165) is 50.7 Å². The molecule has 0 aliphatic heterocycles. The van der Waals surface area contributed by atoms with Gasteiger partial charge in [-0.1, -0.05) is 51.7 Å². The molecule has 0 aromatic heterocycles. The first kappa shape index (κ1) is 31.3. The highest BCUT2D eigenvalue weighted by Gasteiger charge is 2.12. The SMILES string of the molecule is C=CC(=O)OCC(O)COC(=O)CCCCCCCCCCC(=O)OCC(O)COC(=O)C=C. The molecule has 0 rings (SSSR count). The highest BCUT2D eigenvalue weighted by molar-refractivity contribution is 5.81. The number of aliphatic hydroxyl groups excluding tert-OH is 2. The molecule has 0 saturated carbocycles. The number of aliphatic hydroxyl groups is 2. The van der Waals surface area contributed by atoms with E-state index in [2.05, 4.69) is 22.6 Å². The zero-order chi connectivity index (χ0) is 25.6. The third kappa shape index (κ3) is 19.9. The van der Waals surface area contributed by atoms with Crippen LogP contribution in [0.1, 0.15) is 64.2 Å². The molecule has 2 unspecified atom stereocenters. The Hall–Kier alpha value is -2.72. The fourth-order valence-corrected chi connectivity index (χ4v) is 2.69. The Morgan fingerprint density at radius 1 is 0.559 bits per heavy atom. The molecule has 0 aliphatic carbocycles. The average molecular weight is 487 g/mol. The van der Waals surface area contributed by atoms with Crippen molar-refractivity contribution in [2.24, 2.45) is 0 Å². The van der Waals surface area contributed by atoms with Crippen LogP contribution < -0.4 is 0 Å². The Labute approximate surface area is 200 Å². The summed E-state index contributed by atoms with van der Waals surface area (Å²) in [4.78, 5) is 45.0. The van der Waals surface area contributed by atoms with E-state index in [-0.39, 0.29) is 39.3 Å². The van der Waals surface area contributed by atoms with Crippen LogP contribution in [0.15, 0.2) is 25.3 Å². The number of carbonyl (C=O) groups excluding carboxylic acids is 4. The maximum Gasteiger partial charge on any atom is 0.330 e. The second-order valence-electron chi connectivity index (χ2n) is 7.67. The van der Waals surface area contributed by atoms with Crippen LogP contribution >= 0.6 is 0 Å². The minimum Gasteiger partial charge on any atom is -0.463 e. The summed E-state index contributed by atoms with van der Waals surface area (Å²) in [6.45, 7) is 5.53. The van der Waals surface area contributed by atoms with E-state index < -0.39 is 36.1 Å². The Kier molecular flexibility index (Phi) is 19.2. The van der Waals surface area contributed by atoms with Gasteiger partial charge in [0, 0.05) is 25.0 Å². The van der Waals surface area contributed by atoms with Crippen molar-refractivity contribution in [1.29, 1.82) is 0 Å². The monoisotopic (exact) mass is 486 g/mol. The number of hydrogen-bond acceptors (Lipinski definition) is 10. The molecule has 0 radical (unpaired) electrons. The molecule has 10 nitrogen and oxygen atoms in total. The average Bonchev–Trinajstić information content (AvgIpc) is 2.83. The minimum absolute atomic E-state index is 0.220. The molecule has 10 heteroatoms. The van der Waals surface area contributed by atoms with E-state index in [1.54, 1.807) is 0 Å². The van der Waals surface area contributed by atoms with Crippen LogP contribution in [0.2, 0.25) is 0 Å². The van der Waals surface area contributed by atoms with E-state index in [4.69, 9.17) is 9.47 Å². The van der Waals surface area contributed by atoms with E-state index in [0.29, 0.717) is 12.8 Å². The van der Waals surface area contributed by atoms with Crippen LogP contribution in [0.5, 0.6) is 0 Å². The predicted octanol–water partition coefficient (Wildman–Crippen LogP) is 2.15. The number of hydrogen-bond donors (Lipinski definition) is 2. The van der Waals surface area contributed by atoms with Gasteiger partial charge in [-0.05, 0) is 12.8 Å². The molecule has 0 bridgehead atoms. The van der Waals surface area contributed by atoms with E-state index in [1.807, 2.05) is 0 Å². The van der Waals surface area contributed by atoms with Gasteiger partial charge in [-0.3, -0.25) is 9.59 Å². The van der Waals surface area contributed by atoms with Crippen LogP contribution in [0.3, 0.4) is 0 Å². The van der Waals surface area contributed by atoms with Crippen LogP contribution in [-0.4, -0.2) is 72.7 Å². The number of unbranched alkanes of at least 4 members (excludes halogenated alkanes) is 7. The normalized spacial score (nSPS) is 12.2. The zero-order valence-corrected chi connectivity index (χ0v) is 19.8. The largest absolute Gasteiger partial charge is 0.463 e. The number of rotatable bonds is 21. The zero-order valence-electron chi connectivity index (χ0n) is 19.8. The molecule has 0 amide bonds. The van der Waals surface area contributed by atoms with Crippen molar-refractivity contribution >= 4 is 23.9 Å². The molecule has 0 saturated heterocycles. The lowest BCUT2D eigenvalue weighted by molar-refractivity contribution is -0.151. The van der Waals surface area contributed by atoms with Crippen molar-refractivity contribution in [2.75, 3.05) is 26.4 Å². The lowest BCUT2D eigenvalue weighted by Gasteiger charge is -2.11. The van der Waals surface area contributed by atoms with Crippen molar-refractivity contribution in [3.05, 3.63) is 25.3 Å². The van der Waals surface area contributed by atoms with Gasteiger partial charge in [0.25, 0.3) is 0 Å². The first-order valence-electron chi connectivity index (χ1n) is 11.5. The summed E-state index contributed by atoms with van der Waals surface area (Å²) in [5.74, 6) is -2.09. The molecule has 34 heavy (non-hydrogen) atoms. The van der Waals surface area contributed by atoms with Crippen LogP contribution in [0.4, 0.5) is 0 Å². The third-order valence-electron chi connectivity index (χ3n) is 4.55. The summed E-state index contributed by atoms with van der Waals surface area (Å²) in [6, 6.07) is 0. The van der Waals surface area contributed by atoms with Crippen LogP contribution in [0.25, 0.3) is 0 Å². The number of ether oxygens (including phenoxy) is 4. The molecule has 0 aromatic rings. The minimum atomic E-state index is -1.06. The summed E-state index contributed by atoms with van der Waals surface area (Å²) in [6.07, 6.45) is 7.62. The van der Waals surface area contributed by atoms with Crippen molar-refractivity contribution in [3.63, 3.8) is 0 Å². The predicted molar refractivity (Wildman–Crippen MR) is 122 cm³/mol. The van der Waals surface area contributed by atoms with E-state index in [9.17, 15) is 29.4 Å². The maximum atomic E-state index is 11.6. The van der Waals surface area contributed by atoms with Crippen LogP contribution in [-0.2, 0) is 38.1 Å². The smallest absolute Gasteiger partial charge is 0.330 e. The van der Waals surface area contributed by atoms with Gasteiger partial charge in [0.05, 0.1) is 0 Å². The maximum absolute atomic E-state index is 11.6. The first-order chi connectivity index (χ1) is 16.3. The Morgan fingerprint density at radius 2 is 0.853 bits per heavy atom. The quantitative estimate of drug-likeness (QED) is 0.107.